The fourth-order valence-corrected chi connectivity index (χ4v) is 2.66. The second-order valence-electron chi connectivity index (χ2n) is 5.06. The van der Waals surface area contributed by atoms with Crippen molar-refractivity contribution in [2.75, 3.05) is 0 Å². The lowest BCUT2D eigenvalue weighted by atomic mass is 10.0. The third kappa shape index (κ3) is 1.84. The Morgan fingerprint density at radius 2 is 1.82 bits per heavy atom. The molecule has 0 aliphatic carbocycles. The van der Waals surface area contributed by atoms with Gasteiger partial charge in [0.05, 0.1) is 0 Å². The Morgan fingerprint density at radius 3 is 2.64 bits per heavy atom. The number of imidazole rings is 1. The highest BCUT2D eigenvalue weighted by molar-refractivity contribution is 5.87. The SMILES string of the molecule is N#Cc1c(-c2ccc3ccccc3c2)nc2ccc(F)cn12. The summed E-state index contributed by atoms with van der Waals surface area (Å²) in [7, 11) is 0. The lowest BCUT2D eigenvalue weighted by Crippen LogP contribution is -1.90. The molecule has 0 amide bonds. The molecule has 0 unspecified atom stereocenters. The highest BCUT2D eigenvalue weighted by Crippen LogP contribution is 2.27. The van der Waals surface area contributed by atoms with E-state index in [-0.39, 0.29) is 0 Å². The maximum absolute atomic E-state index is 13.4. The molecule has 0 saturated heterocycles. The largest absolute Gasteiger partial charge is 0.288 e. The van der Waals surface area contributed by atoms with Crippen LogP contribution in [-0.2, 0) is 0 Å². The molecule has 4 heteroatoms. The summed E-state index contributed by atoms with van der Waals surface area (Å²) in [6.45, 7) is 0. The second-order valence-corrected chi connectivity index (χ2v) is 5.06. The molecule has 0 spiro atoms. The number of benzene rings is 2. The van der Waals surface area contributed by atoms with Gasteiger partial charge in [0.25, 0.3) is 0 Å². The molecule has 0 radical (unpaired) electrons. The van der Waals surface area contributed by atoms with Gasteiger partial charge < -0.3 is 0 Å². The van der Waals surface area contributed by atoms with E-state index in [2.05, 4.69) is 11.1 Å². The van der Waals surface area contributed by atoms with Crippen LogP contribution in [0.3, 0.4) is 0 Å². The number of pyridine rings is 1. The average molecular weight is 287 g/mol. The fourth-order valence-electron chi connectivity index (χ4n) is 2.66. The van der Waals surface area contributed by atoms with Crippen molar-refractivity contribution in [3.63, 3.8) is 0 Å². The van der Waals surface area contributed by atoms with Crippen molar-refractivity contribution in [1.29, 1.82) is 5.26 Å². The maximum atomic E-state index is 13.4. The van der Waals surface area contributed by atoms with Crippen molar-refractivity contribution >= 4 is 16.4 Å². The summed E-state index contributed by atoms with van der Waals surface area (Å²) in [5.41, 5.74) is 2.31. The zero-order valence-corrected chi connectivity index (χ0v) is 11.5. The zero-order valence-electron chi connectivity index (χ0n) is 11.5. The van der Waals surface area contributed by atoms with Gasteiger partial charge in [-0.05, 0) is 29.0 Å². The van der Waals surface area contributed by atoms with Gasteiger partial charge in [-0.25, -0.2) is 9.37 Å². The first-order chi connectivity index (χ1) is 10.8. The molecule has 0 atom stereocenters. The number of halogens is 1. The normalized spacial score (nSPS) is 10.9. The Balaban J connectivity index is 2.01. The first-order valence-electron chi connectivity index (χ1n) is 6.83. The van der Waals surface area contributed by atoms with Gasteiger partial charge in [0.15, 0.2) is 5.69 Å². The number of nitrogens with zero attached hydrogens (tertiary/aromatic N) is 3. The zero-order chi connectivity index (χ0) is 15.1. The lowest BCUT2D eigenvalue weighted by Gasteiger charge is -2.01. The van der Waals surface area contributed by atoms with Crippen LogP contribution in [0.2, 0.25) is 0 Å². The quantitative estimate of drug-likeness (QED) is 0.527. The molecule has 0 aliphatic rings. The summed E-state index contributed by atoms with van der Waals surface area (Å²) >= 11 is 0. The minimum absolute atomic E-state index is 0.338. The molecule has 2 aromatic carbocycles. The van der Waals surface area contributed by atoms with Crippen LogP contribution in [0.5, 0.6) is 0 Å². The third-order valence-corrected chi connectivity index (χ3v) is 3.71. The van der Waals surface area contributed by atoms with Crippen LogP contribution < -0.4 is 0 Å². The molecule has 22 heavy (non-hydrogen) atoms. The van der Waals surface area contributed by atoms with Gasteiger partial charge in [0.2, 0.25) is 0 Å². The number of hydrogen-bond donors (Lipinski definition) is 0. The fraction of sp³-hybridized carbons (Fsp3) is 0. The molecule has 2 heterocycles. The Kier molecular flexibility index (Phi) is 2.67. The topological polar surface area (TPSA) is 41.1 Å². The molecular formula is C18H10FN3. The molecule has 0 saturated carbocycles. The van der Waals surface area contributed by atoms with Crippen LogP contribution in [0.4, 0.5) is 4.39 Å². The molecule has 0 fully saturated rings. The van der Waals surface area contributed by atoms with E-state index in [4.69, 9.17) is 0 Å². The molecule has 2 aromatic heterocycles. The summed E-state index contributed by atoms with van der Waals surface area (Å²) in [5.74, 6) is -0.397. The molecule has 4 aromatic rings. The van der Waals surface area contributed by atoms with Gasteiger partial charge >= 0.3 is 0 Å². The van der Waals surface area contributed by atoms with Crippen LogP contribution in [-0.4, -0.2) is 9.38 Å². The number of fused-ring (bicyclic) bond motifs is 2. The van der Waals surface area contributed by atoms with Gasteiger partial charge in [0, 0.05) is 11.8 Å². The highest BCUT2D eigenvalue weighted by Gasteiger charge is 2.14. The Hall–Kier alpha value is -3.19. The number of aromatic nitrogens is 2. The smallest absolute Gasteiger partial charge is 0.152 e. The van der Waals surface area contributed by atoms with Crippen LogP contribution >= 0.6 is 0 Å². The summed E-state index contributed by atoms with van der Waals surface area (Å²) in [6, 6.07) is 19.0. The lowest BCUT2D eigenvalue weighted by molar-refractivity contribution is 0.619. The van der Waals surface area contributed by atoms with E-state index in [9.17, 15) is 9.65 Å². The molecule has 104 valence electrons. The average Bonchev–Trinajstić information content (AvgIpc) is 2.92. The minimum Gasteiger partial charge on any atom is -0.288 e. The van der Waals surface area contributed by atoms with E-state index in [1.807, 2.05) is 42.5 Å². The first-order valence-corrected chi connectivity index (χ1v) is 6.83. The molecular weight excluding hydrogens is 277 g/mol. The predicted molar refractivity (Wildman–Crippen MR) is 82.8 cm³/mol. The Labute approximate surface area is 125 Å². The van der Waals surface area contributed by atoms with Crippen molar-refractivity contribution in [1.82, 2.24) is 9.38 Å². The Morgan fingerprint density at radius 1 is 1.00 bits per heavy atom. The van der Waals surface area contributed by atoms with E-state index in [1.165, 1.54) is 16.7 Å². The summed E-state index contributed by atoms with van der Waals surface area (Å²) in [4.78, 5) is 4.48. The van der Waals surface area contributed by atoms with Crippen molar-refractivity contribution < 1.29 is 4.39 Å². The van der Waals surface area contributed by atoms with Gasteiger partial charge in [-0.2, -0.15) is 5.26 Å². The highest BCUT2D eigenvalue weighted by atomic mass is 19.1. The number of rotatable bonds is 1. The van der Waals surface area contributed by atoms with Gasteiger partial charge in [-0.1, -0.05) is 36.4 Å². The van der Waals surface area contributed by atoms with Gasteiger partial charge in [-0.3, -0.25) is 4.40 Å². The van der Waals surface area contributed by atoms with Crippen LogP contribution in [0.25, 0.3) is 27.7 Å². The monoisotopic (exact) mass is 287 g/mol. The van der Waals surface area contributed by atoms with Gasteiger partial charge in [0.1, 0.15) is 23.2 Å². The van der Waals surface area contributed by atoms with Crippen molar-refractivity contribution in [3.05, 3.63) is 72.3 Å². The number of nitriles is 1. The first kappa shape index (κ1) is 12.5. The van der Waals surface area contributed by atoms with E-state index < -0.39 is 5.82 Å². The summed E-state index contributed by atoms with van der Waals surface area (Å²) in [5, 5.41) is 11.6. The molecule has 4 rings (SSSR count). The van der Waals surface area contributed by atoms with Crippen molar-refractivity contribution in [3.8, 4) is 17.3 Å². The summed E-state index contributed by atoms with van der Waals surface area (Å²) < 4.78 is 14.9. The Bertz CT molecular complexity index is 1060. The van der Waals surface area contributed by atoms with E-state index in [0.717, 1.165) is 16.3 Å². The molecule has 3 nitrogen and oxygen atoms in total. The van der Waals surface area contributed by atoms with E-state index >= 15 is 0 Å². The standard InChI is InChI=1S/C18H10FN3/c19-15-7-8-17-21-18(16(10-20)22(17)11-15)14-6-5-12-3-1-2-4-13(12)9-14/h1-9,11H. The van der Waals surface area contributed by atoms with Crippen molar-refractivity contribution in [2.45, 2.75) is 0 Å². The predicted octanol–water partition coefficient (Wildman–Crippen LogP) is 4.17. The molecule has 0 N–H and O–H groups in total. The maximum Gasteiger partial charge on any atom is 0.152 e. The van der Waals surface area contributed by atoms with Crippen molar-refractivity contribution in [2.24, 2.45) is 0 Å². The van der Waals surface area contributed by atoms with Crippen LogP contribution in [0.15, 0.2) is 60.8 Å². The van der Waals surface area contributed by atoms with E-state index in [1.54, 1.807) is 6.07 Å². The minimum atomic E-state index is -0.397. The van der Waals surface area contributed by atoms with Crippen LogP contribution in [0.1, 0.15) is 5.69 Å². The molecule has 0 bridgehead atoms. The third-order valence-electron chi connectivity index (χ3n) is 3.71. The molecule has 0 aliphatic heterocycles. The summed E-state index contributed by atoms with van der Waals surface area (Å²) in [6.07, 6.45) is 1.28. The number of hydrogen-bond acceptors (Lipinski definition) is 2. The van der Waals surface area contributed by atoms with Crippen LogP contribution in [0, 0.1) is 17.1 Å². The van der Waals surface area contributed by atoms with E-state index in [0.29, 0.717) is 17.0 Å². The second kappa shape index (κ2) is 4.68. The van der Waals surface area contributed by atoms with Gasteiger partial charge in [-0.15, -0.1) is 0 Å².